The van der Waals surface area contributed by atoms with Crippen LogP contribution < -0.4 is 5.32 Å². The van der Waals surface area contributed by atoms with Gasteiger partial charge in [-0.2, -0.15) is 0 Å². The summed E-state index contributed by atoms with van der Waals surface area (Å²) in [5.41, 5.74) is 0.830. The molecule has 0 unspecified atom stereocenters. The van der Waals surface area contributed by atoms with E-state index in [-0.39, 0.29) is 29.6 Å². The van der Waals surface area contributed by atoms with Gasteiger partial charge >= 0.3 is 0 Å². The monoisotopic (exact) mass is 268 g/mol. The Balaban J connectivity index is 2.18. The highest BCUT2D eigenvalue weighted by Crippen LogP contribution is 2.38. The maximum Gasteiger partial charge on any atom is 0.239 e. The van der Waals surface area contributed by atoms with Crippen molar-refractivity contribution in [1.29, 1.82) is 0 Å². The van der Waals surface area contributed by atoms with Crippen molar-refractivity contribution in [3.8, 4) is 0 Å². The second-order valence-corrected chi connectivity index (χ2v) is 4.98. The number of nitrogens with zero attached hydrogens (tertiary/aromatic N) is 1. The van der Waals surface area contributed by atoms with Crippen LogP contribution in [0.3, 0.4) is 0 Å². The second-order valence-electron chi connectivity index (χ2n) is 3.91. The fraction of sp³-hybridized carbons (Fsp3) is 0.333. The molecular weight excluding hydrogens is 255 g/mol. The highest BCUT2D eigenvalue weighted by molar-refractivity contribution is 8.00. The molecule has 18 heavy (non-hydrogen) atoms. The Bertz CT molecular complexity index is 464. The molecule has 0 saturated carbocycles. The van der Waals surface area contributed by atoms with E-state index in [1.165, 1.54) is 35.8 Å². The van der Waals surface area contributed by atoms with Gasteiger partial charge in [0, 0.05) is 7.05 Å². The molecular formula is C12H13FN2O2S. The molecule has 1 aromatic rings. The van der Waals surface area contributed by atoms with Crippen LogP contribution in [-0.4, -0.2) is 36.1 Å². The van der Waals surface area contributed by atoms with Crippen molar-refractivity contribution in [3.05, 3.63) is 35.6 Å². The molecule has 1 atom stereocenters. The molecule has 96 valence electrons. The lowest BCUT2D eigenvalue weighted by atomic mass is 10.2. The third-order valence-electron chi connectivity index (χ3n) is 2.72. The lowest BCUT2D eigenvalue weighted by molar-refractivity contribution is -0.133. The number of hydrogen-bond donors (Lipinski definition) is 1. The van der Waals surface area contributed by atoms with E-state index in [4.69, 9.17) is 0 Å². The Morgan fingerprint density at radius 3 is 2.78 bits per heavy atom. The molecule has 4 nitrogen and oxygen atoms in total. The molecule has 1 aliphatic rings. The molecule has 0 aromatic heterocycles. The lowest BCUT2D eigenvalue weighted by Crippen LogP contribution is -2.37. The van der Waals surface area contributed by atoms with Crippen molar-refractivity contribution in [2.75, 3.05) is 19.3 Å². The van der Waals surface area contributed by atoms with Gasteiger partial charge in [-0.25, -0.2) is 4.39 Å². The molecule has 1 N–H and O–H groups in total. The Morgan fingerprint density at radius 2 is 2.17 bits per heavy atom. The van der Waals surface area contributed by atoms with E-state index in [1.807, 2.05) is 0 Å². The number of hydrogen-bond acceptors (Lipinski definition) is 3. The first-order valence-corrected chi connectivity index (χ1v) is 6.54. The summed E-state index contributed by atoms with van der Waals surface area (Å²) in [6.07, 6.45) is 0. The Labute approximate surface area is 109 Å². The molecule has 1 saturated heterocycles. The Hall–Kier alpha value is -1.56. The Morgan fingerprint density at radius 1 is 1.50 bits per heavy atom. The molecule has 2 amide bonds. The third kappa shape index (κ3) is 2.64. The van der Waals surface area contributed by atoms with Crippen LogP contribution in [-0.2, 0) is 9.59 Å². The van der Waals surface area contributed by atoms with Gasteiger partial charge in [0.2, 0.25) is 11.8 Å². The summed E-state index contributed by atoms with van der Waals surface area (Å²) < 4.78 is 12.9. The quantitative estimate of drug-likeness (QED) is 0.894. The maximum atomic E-state index is 12.9. The first-order valence-electron chi connectivity index (χ1n) is 5.49. The van der Waals surface area contributed by atoms with Crippen LogP contribution >= 0.6 is 11.8 Å². The largest absolute Gasteiger partial charge is 0.358 e. The van der Waals surface area contributed by atoms with E-state index in [0.717, 1.165) is 5.56 Å². The van der Waals surface area contributed by atoms with Gasteiger partial charge in [-0.15, -0.1) is 11.8 Å². The van der Waals surface area contributed by atoms with Gasteiger partial charge in [0.1, 0.15) is 17.7 Å². The van der Waals surface area contributed by atoms with Gasteiger partial charge in [0.15, 0.2) is 0 Å². The number of halogens is 1. The van der Waals surface area contributed by atoms with Crippen LogP contribution in [0.5, 0.6) is 0 Å². The number of thioether (sulfide) groups is 1. The zero-order valence-corrected chi connectivity index (χ0v) is 10.7. The van der Waals surface area contributed by atoms with Crippen LogP contribution in [0.25, 0.3) is 0 Å². The minimum Gasteiger partial charge on any atom is -0.358 e. The standard InChI is InChI=1S/C12H13FN2O2S/c1-14-10(16)6-15-11(17)7-18-12(15)8-2-4-9(13)5-3-8/h2-5,12H,6-7H2,1H3,(H,14,16)/t12-/m1/s1. The molecule has 0 radical (unpaired) electrons. The number of carbonyl (C=O) groups is 2. The molecule has 6 heteroatoms. The summed E-state index contributed by atoms with van der Waals surface area (Å²) in [5, 5.41) is 2.28. The minimum absolute atomic E-state index is 0.0321. The highest BCUT2D eigenvalue weighted by atomic mass is 32.2. The average Bonchev–Trinajstić information content (AvgIpc) is 2.72. The number of benzene rings is 1. The highest BCUT2D eigenvalue weighted by Gasteiger charge is 2.33. The summed E-state index contributed by atoms with van der Waals surface area (Å²) >= 11 is 1.44. The van der Waals surface area contributed by atoms with Crippen LogP contribution in [0.2, 0.25) is 0 Å². The SMILES string of the molecule is CNC(=O)CN1C(=O)CS[C@@H]1c1ccc(F)cc1. The first kappa shape index (κ1) is 12.9. The van der Waals surface area contributed by atoms with Crippen molar-refractivity contribution in [1.82, 2.24) is 10.2 Å². The van der Waals surface area contributed by atoms with Gasteiger partial charge in [-0.05, 0) is 17.7 Å². The van der Waals surface area contributed by atoms with Crippen LogP contribution in [0.15, 0.2) is 24.3 Å². The van der Waals surface area contributed by atoms with Crippen molar-refractivity contribution < 1.29 is 14.0 Å². The number of carbonyl (C=O) groups excluding carboxylic acids is 2. The van der Waals surface area contributed by atoms with Gasteiger partial charge in [-0.3, -0.25) is 9.59 Å². The zero-order chi connectivity index (χ0) is 13.1. The number of amides is 2. The molecule has 0 aliphatic carbocycles. The van der Waals surface area contributed by atoms with Crippen LogP contribution in [0.1, 0.15) is 10.9 Å². The fourth-order valence-electron chi connectivity index (χ4n) is 1.76. The molecule has 1 heterocycles. The molecule has 1 fully saturated rings. The number of likely N-dealkylation sites (N-methyl/N-ethyl adjacent to an activating group) is 1. The maximum absolute atomic E-state index is 12.9. The average molecular weight is 268 g/mol. The zero-order valence-electron chi connectivity index (χ0n) is 9.85. The number of nitrogens with one attached hydrogen (secondary N) is 1. The molecule has 0 bridgehead atoms. The minimum atomic E-state index is -0.314. The predicted octanol–water partition coefficient (Wildman–Crippen LogP) is 1.15. The first-order chi connectivity index (χ1) is 8.61. The van der Waals surface area contributed by atoms with Crippen molar-refractivity contribution >= 4 is 23.6 Å². The van der Waals surface area contributed by atoms with E-state index in [1.54, 1.807) is 12.1 Å². The van der Waals surface area contributed by atoms with Crippen LogP contribution in [0.4, 0.5) is 4.39 Å². The van der Waals surface area contributed by atoms with Crippen molar-refractivity contribution in [2.45, 2.75) is 5.37 Å². The topological polar surface area (TPSA) is 49.4 Å². The smallest absolute Gasteiger partial charge is 0.239 e. The summed E-state index contributed by atoms with van der Waals surface area (Å²) in [6.45, 7) is 0.0321. The fourth-order valence-corrected chi connectivity index (χ4v) is 2.95. The van der Waals surface area contributed by atoms with Gasteiger partial charge in [-0.1, -0.05) is 12.1 Å². The van der Waals surface area contributed by atoms with Gasteiger partial charge in [0.25, 0.3) is 0 Å². The van der Waals surface area contributed by atoms with Crippen molar-refractivity contribution in [3.63, 3.8) is 0 Å². The van der Waals surface area contributed by atoms with E-state index >= 15 is 0 Å². The summed E-state index contributed by atoms with van der Waals surface area (Å²) in [6, 6.07) is 6.00. The summed E-state index contributed by atoms with van der Waals surface area (Å²) in [7, 11) is 1.53. The van der Waals surface area contributed by atoms with E-state index < -0.39 is 0 Å². The third-order valence-corrected chi connectivity index (χ3v) is 3.97. The van der Waals surface area contributed by atoms with Gasteiger partial charge < -0.3 is 10.2 Å². The van der Waals surface area contributed by atoms with E-state index in [0.29, 0.717) is 5.75 Å². The Kier molecular flexibility index (Phi) is 3.86. The van der Waals surface area contributed by atoms with Crippen molar-refractivity contribution in [2.24, 2.45) is 0 Å². The normalized spacial score (nSPS) is 19.1. The molecule has 0 spiro atoms. The summed E-state index contributed by atoms with van der Waals surface area (Å²) in [4.78, 5) is 24.6. The predicted molar refractivity (Wildman–Crippen MR) is 67.4 cm³/mol. The second kappa shape index (κ2) is 5.39. The van der Waals surface area contributed by atoms with E-state index in [9.17, 15) is 14.0 Å². The lowest BCUT2D eigenvalue weighted by Gasteiger charge is -2.23. The summed E-state index contributed by atoms with van der Waals surface area (Å²) in [5.74, 6) is -0.249. The molecule has 1 aromatic carbocycles. The molecule has 2 rings (SSSR count). The van der Waals surface area contributed by atoms with E-state index in [2.05, 4.69) is 5.32 Å². The van der Waals surface area contributed by atoms with Gasteiger partial charge in [0.05, 0.1) is 5.75 Å². The van der Waals surface area contributed by atoms with Crippen LogP contribution in [0, 0.1) is 5.82 Å². The molecule has 1 aliphatic heterocycles. The number of rotatable bonds is 3.